The van der Waals surface area contributed by atoms with E-state index in [0.717, 1.165) is 0 Å². The number of carbonyl (C=O) groups excluding carboxylic acids is 2. The van der Waals surface area contributed by atoms with Gasteiger partial charge in [0.05, 0.1) is 0 Å². The predicted octanol–water partition coefficient (Wildman–Crippen LogP) is -0.819. The molecule has 82 valence electrons. The van der Waals surface area contributed by atoms with E-state index in [9.17, 15) is 14.7 Å². The number of rotatable bonds is 1. The summed E-state index contributed by atoms with van der Waals surface area (Å²) in [5.74, 6) is 1.27. The SMILES string of the molecule is NC(=O)C1(O)CCN(C(=O)C#CBr)CC1. The van der Waals surface area contributed by atoms with E-state index in [2.05, 4.69) is 26.7 Å². The van der Waals surface area contributed by atoms with Crippen molar-refractivity contribution in [3.05, 3.63) is 0 Å². The molecule has 3 N–H and O–H groups in total. The molecule has 0 aromatic rings. The lowest BCUT2D eigenvalue weighted by atomic mass is 9.91. The first-order valence-corrected chi connectivity index (χ1v) is 5.22. The summed E-state index contributed by atoms with van der Waals surface area (Å²) in [7, 11) is 0. The molecule has 0 aromatic carbocycles. The number of halogens is 1. The van der Waals surface area contributed by atoms with Gasteiger partial charge in [0.1, 0.15) is 5.60 Å². The van der Waals surface area contributed by atoms with Crippen LogP contribution in [0.2, 0.25) is 0 Å². The topological polar surface area (TPSA) is 83.6 Å². The van der Waals surface area contributed by atoms with Crippen LogP contribution in [0.1, 0.15) is 12.8 Å². The summed E-state index contributed by atoms with van der Waals surface area (Å²) in [6.45, 7) is 0.583. The lowest BCUT2D eigenvalue weighted by Gasteiger charge is -2.34. The Bertz CT molecular complexity index is 337. The van der Waals surface area contributed by atoms with Gasteiger partial charge in [-0.2, -0.15) is 0 Å². The van der Waals surface area contributed by atoms with Crippen LogP contribution in [0.5, 0.6) is 0 Å². The molecule has 1 aliphatic heterocycles. The molecule has 0 aromatic heterocycles. The highest BCUT2D eigenvalue weighted by Gasteiger charge is 2.38. The Kier molecular flexibility index (Phi) is 3.72. The number of hydrogen-bond donors (Lipinski definition) is 2. The van der Waals surface area contributed by atoms with Crippen LogP contribution in [0.25, 0.3) is 0 Å². The molecule has 1 aliphatic rings. The number of carbonyl (C=O) groups is 2. The molecule has 0 radical (unpaired) electrons. The standard InChI is InChI=1S/C9H11BrN2O3/c10-4-1-7(13)12-5-2-9(15,3-6-12)8(11)14/h15H,2-3,5-6H2,(H2,11,14). The van der Waals surface area contributed by atoms with Crippen LogP contribution in [0.15, 0.2) is 0 Å². The first-order valence-electron chi connectivity index (χ1n) is 4.42. The Morgan fingerprint density at radius 2 is 1.93 bits per heavy atom. The first-order chi connectivity index (χ1) is 6.99. The third-order valence-corrected chi connectivity index (χ3v) is 2.69. The monoisotopic (exact) mass is 274 g/mol. The van der Waals surface area contributed by atoms with Crippen molar-refractivity contribution < 1.29 is 14.7 Å². The van der Waals surface area contributed by atoms with Crippen LogP contribution in [0.3, 0.4) is 0 Å². The third kappa shape index (κ3) is 2.70. The number of piperidine rings is 1. The molecule has 15 heavy (non-hydrogen) atoms. The normalized spacial score (nSPS) is 18.9. The van der Waals surface area contributed by atoms with E-state index in [1.807, 2.05) is 0 Å². The second-order valence-corrected chi connectivity index (χ2v) is 3.80. The van der Waals surface area contributed by atoms with Crippen LogP contribution in [0.4, 0.5) is 0 Å². The van der Waals surface area contributed by atoms with Crippen LogP contribution >= 0.6 is 15.9 Å². The molecule has 1 saturated heterocycles. The van der Waals surface area contributed by atoms with Crippen molar-refractivity contribution >= 4 is 27.7 Å². The molecule has 2 amide bonds. The molecule has 0 saturated carbocycles. The van der Waals surface area contributed by atoms with Gasteiger partial charge in [0.2, 0.25) is 5.91 Å². The number of amides is 2. The molecule has 1 heterocycles. The maximum Gasteiger partial charge on any atom is 0.299 e. The fraction of sp³-hybridized carbons (Fsp3) is 0.556. The number of nitrogens with two attached hydrogens (primary N) is 1. The summed E-state index contributed by atoms with van der Waals surface area (Å²) < 4.78 is 0. The van der Waals surface area contributed by atoms with E-state index in [1.165, 1.54) is 4.90 Å². The van der Waals surface area contributed by atoms with Gasteiger partial charge in [0.25, 0.3) is 5.91 Å². The zero-order valence-corrected chi connectivity index (χ0v) is 9.58. The van der Waals surface area contributed by atoms with Gasteiger partial charge in [0.15, 0.2) is 0 Å². The Hall–Kier alpha value is -1.06. The van der Waals surface area contributed by atoms with Crippen molar-refractivity contribution in [3.63, 3.8) is 0 Å². The summed E-state index contributed by atoms with van der Waals surface area (Å²) in [4.78, 5) is 26.0. The highest BCUT2D eigenvalue weighted by atomic mass is 79.9. The minimum absolute atomic E-state index is 0.165. The van der Waals surface area contributed by atoms with Crippen LogP contribution in [-0.2, 0) is 9.59 Å². The van der Waals surface area contributed by atoms with Crippen molar-refractivity contribution in [2.24, 2.45) is 5.73 Å². The van der Waals surface area contributed by atoms with Crippen LogP contribution < -0.4 is 5.73 Å². The predicted molar refractivity (Wildman–Crippen MR) is 56.7 cm³/mol. The van der Waals surface area contributed by atoms with E-state index >= 15 is 0 Å². The van der Waals surface area contributed by atoms with Crippen molar-refractivity contribution in [3.8, 4) is 10.8 Å². The van der Waals surface area contributed by atoms with Gasteiger partial charge in [-0.25, -0.2) is 0 Å². The number of primary amides is 1. The fourth-order valence-electron chi connectivity index (χ4n) is 1.45. The average Bonchev–Trinajstić information content (AvgIpc) is 2.19. The molecular formula is C9H11BrN2O3. The molecule has 0 bridgehead atoms. The minimum atomic E-state index is -1.47. The van der Waals surface area contributed by atoms with Crippen molar-refractivity contribution in [2.75, 3.05) is 13.1 Å². The van der Waals surface area contributed by atoms with Crippen molar-refractivity contribution in [1.82, 2.24) is 4.90 Å². The summed E-state index contributed by atoms with van der Waals surface area (Å²) in [6.07, 6.45) is 0.329. The Labute approximate surface area is 95.7 Å². The van der Waals surface area contributed by atoms with Crippen molar-refractivity contribution in [1.29, 1.82) is 0 Å². The van der Waals surface area contributed by atoms with Gasteiger partial charge >= 0.3 is 0 Å². The molecule has 0 atom stereocenters. The molecule has 0 unspecified atom stereocenters. The molecule has 6 heteroatoms. The summed E-state index contributed by atoms with van der Waals surface area (Å²) >= 11 is 2.83. The smallest absolute Gasteiger partial charge is 0.299 e. The van der Waals surface area contributed by atoms with Gasteiger partial charge < -0.3 is 15.7 Å². The van der Waals surface area contributed by atoms with E-state index < -0.39 is 11.5 Å². The van der Waals surface area contributed by atoms with Gasteiger partial charge in [-0.3, -0.25) is 9.59 Å². The van der Waals surface area contributed by atoms with Crippen LogP contribution in [-0.4, -0.2) is 40.5 Å². The summed E-state index contributed by atoms with van der Waals surface area (Å²) in [6, 6.07) is 0. The van der Waals surface area contributed by atoms with E-state index in [4.69, 9.17) is 5.73 Å². The average molecular weight is 275 g/mol. The second-order valence-electron chi connectivity index (χ2n) is 3.41. The summed E-state index contributed by atoms with van der Waals surface area (Å²) in [5, 5.41) is 9.72. The Morgan fingerprint density at radius 3 is 2.33 bits per heavy atom. The van der Waals surface area contributed by atoms with Gasteiger partial charge in [0, 0.05) is 47.8 Å². The van der Waals surface area contributed by atoms with E-state index in [0.29, 0.717) is 13.1 Å². The van der Waals surface area contributed by atoms with Crippen LogP contribution in [0, 0.1) is 10.8 Å². The number of aliphatic hydroxyl groups is 1. The van der Waals surface area contributed by atoms with Crippen molar-refractivity contribution in [2.45, 2.75) is 18.4 Å². The lowest BCUT2D eigenvalue weighted by molar-refractivity contribution is -0.144. The van der Waals surface area contributed by atoms with Gasteiger partial charge in [-0.15, -0.1) is 0 Å². The quantitative estimate of drug-likeness (QED) is 0.613. The largest absolute Gasteiger partial charge is 0.380 e. The lowest BCUT2D eigenvalue weighted by Crippen LogP contribution is -2.53. The molecule has 0 aliphatic carbocycles. The molecule has 5 nitrogen and oxygen atoms in total. The highest BCUT2D eigenvalue weighted by Crippen LogP contribution is 2.21. The molecular weight excluding hydrogens is 264 g/mol. The van der Waals surface area contributed by atoms with E-state index in [-0.39, 0.29) is 18.7 Å². The summed E-state index contributed by atoms with van der Waals surface area (Å²) in [5.41, 5.74) is 3.58. The minimum Gasteiger partial charge on any atom is -0.380 e. The Balaban J connectivity index is 2.59. The maximum absolute atomic E-state index is 11.3. The number of likely N-dealkylation sites (tertiary alicyclic amines) is 1. The molecule has 1 fully saturated rings. The fourth-order valence-corrected chi connectivity index (χ4v) is 1.62. The highest BCUT2D eigenvalue weighted by molar-refractivity contribution is 9.12. The first kappa shape index (κ1) is 12.0. The zero-order chi connectivity index (χ0) is 11.5. The number of nitrogens with zero attached hydrogens (tertiary/aromatic N) is 1. The number of hydrogen-bond acceptors (Lipinski definition) is 3. The second kappa shape index (κ2) is 4.64. The maximum atomic E-state index is 11.3. The molecule has 1 rings (SSSR count). The van der Waals surface area contributed by atoms with E-state index in [1.54, 1.807) is 0 Å². The van der Waals surface area contributed by atoms with Gasteiger partial charge in [-0.1, -0.05) is 0 Å². The third-order valence-electron chi connectivity index (χ3n) is 2.49. The Morgan fingerprint density at radius 1 is 1.40 bits per heavy atom. The molecule has 0 spiro atoms. The zero-order valence-electron chi connectivity index (χ0n) is 7.99. The van der Waals surface area contributed by atoms with Gasteiger partial charge in [-0.05, 0) is 4.83 Å².